The van der Waals surface area contributed by atoms with Gasteiger partial charge in [-0.1, -0.05) is 35.9 Å². The third kappa shape index (κ3) is 4.34. The van der Waals surface area contributed by atoms with Crippen molar-refractivity contribution in [3.8, 4) is 0 Å². The van der Waals surface area contributed by atoms with Crippen LogP contribution in [0.25, 0.3) is 0 Å². The Balaban J connectivity index is 1.77. The lowest BCUT2D eigenvalue weighted by Crippen LogP contribution is -2.47. The van der Waals surface area contributed by atoms with E-state index in [1.807, 2.05) is 43.3 Å². The Morgan fingerprint density at radius 1 is 0.970 bits per heavy atom. The quantitative estimate of drug-likeness (QED) is 0.549. The number of carbonyl (C=O) groups excluding carboxylic acids is 2. The van der Waals surface area contributed by atoms with E-state index in [4.69, 9.17) is 11.6 Å². The molecule has 1 heterocycles. The lowest BCUT2D eigenvalue weighted by atomic mass is 9.89. The summed E-state index contributed by atoms with van der Waals surface area (Å²) in [4.78, 5) is 41.0. The highest BCUT2D eigenvalue weighted by atomic mass is 35.5. The summed E-state index contributed by atoms with van der Waals surface area (Å²) >= 11 is 6.04. The number of rotatable bonds is 4. The summed E-state index contributed by atoms with van der Waals surface area (Å²) in [5, 5.41) is 9.90. The zero-order valence-electron chi connectivity index (χ0n) is 18.2. The van der Waals surface area contributed by atoms with Crippen LogP contribution < -0.4 is 9.80 Å². The number of carboxylic acid groups (broad SMARTS) is 1. The monoisotopic (exact) mass is 462 g/mol. The zero-order valence-corrected chi connectivity index (χ0v) is 19.0. The van der Waals surface area contributed by atoms with Crippen LogP contribution in [0.2, 0.25) is 5.02 Å². The average Bonchev–Trinajstić information content (AvgIpc) is 2.80. The van der Waals surface area contributed by atoms with Crippen molar-refractivity contribution in [2.45, 2.75) is 32.4 Å². The maximum atomic E-state index is 13.5. The van der Waals surface area contributed by atoms with Crippen LogP contribution in [0, 0.1) is 0 Å². The lowest BCUT2D eigenvalue weighted by Gasteiger charge is -2.43. The summed E-state index contributed by atoms with van der Waals surface area (Å²) in [7, 11) is 0. The molecule has 0 unspecified atom stereocenters. The van der Waals surface area contributed by atoms with Gasteiger partial charge in [0, 0.05) is 34.9 Å². The molecule has 0 radical (unpaired) electrons. The number of nitrogens with zero attached hydrogens (tertiary/aromatic N) is 2. The van der Waals surface area contributed by atoms with E-state index in [1.165, 1.54) is 19.1 Å². The average molecular weight is 463 g/mol. The number of para-hydroxylation sites is 1. The Bertz CT molecular complexity index is 1220. The molecule has 0 aliphatic carbocycles. The first-order valence-corrected chi connectivity index (χ1v) is 11.0. The first kappa shape index (κ1) is 22.6. The number of aromatic carboxylic acids is 1. The first-order valence-electron chi connectivity index (χ1n) is 10.6. The van der Waals surface area contributed by atoms with Crippen molar-refractivity contribution in [2.24, 2.45) is 0 Å². The van der Waals surface area contributed by atoms with Crippen molar-refractivity contribution in [1.82, 2.24) is 0 Å². The fourth-order valence-corrected chi connectivity index (χ4v) is 4.57. The molecule has 1 N–H and O–H groups in total. The van der Waals surface area contributed by atoms with Gasteiger partial charge < -0.3 is 14.9 Å². The third-order valence-corrected chi connectivity index (χ3v) is 6.14. The van der Waals surface area contributed by atoms with Gasteiger partial charge in [-0.05, 0) is 67.4 Å². The van der Waals surface area contributed by atoms with Crippen molar-refractivity contribution < 1.29 is 19.5 Å². The van der Waals surface area contributed by atoms with Gasteiger partial charge in [-0.15, -0.1) is 0 Å². The number of carbonyl (C=O) groups is 3. The van der Waals surface area contributed by atoms with E-state index >= 15 is 0 Å². The molecule has 0 bridgehead atoms. The summed E-state index contributed by atoms with van der Waals surface area (Å²) in [5.41, 5.74) is 2.64. The molecule has 0 spiro atoms. The number of fused-ring (bicyclic) bond motifs is 1. The summed E-state index contributed by atoms with van der Waals surface area (Å²) < 4.78 is 0. The minimum atomic E-state index is -1.09. The van der Waals surface area contributed by atoms with Gasteiger partial charge >= 0.3 is 5.97 Å². The van der Waals surface area contributed by atoms with E-state index in [0.717, 1.165) is 11.3 Å². The molecule has 2 atom stereocenters. The van der Waals surface area contributed by atoms with Crippen LogP contribution in [-0.4, -0.2) is 28.9 Å². The Kier molecular flexibility index (Phi) is 6.20. The highest BCUT2D eigenvalue weighted by molar-refractivity contribution is 6.30. The Labute approximate surface area is 197 Å². The number of halogens is 1. The van der Waals surface area contributed by atoms with Gasteiger partial charge in [-0.3, -0.25) is 9.59 Å². The number of hydrogen-bond acceptors (Lipinski definition) is 3. The van der Waals surface area contributed by atoms with Crippen molar-refractivity contribution in [3.63, 3.8) is 0 Å². The van der Waals surface area contributed by atoms with Crippen LogP contribution in [0.3, 0.4) is 0 Å². The highest BCUT2D eigenvalue weighted by Crippen LogP contribution is 2.42. The largest absolute Gasteiger partial charge is 0.478 e. The van der Waals surface area contributed by atoms with Crippen LogP contribution in [0.5, 0.6) is 0 Å². The smallest absolute Gasteiger partial charge is 0.335 e. The molecule has 33 heavy (non-hydrogen) atoms. The van der Waals surface area contributed by atoms with Crippen LogP contribution >= 0.6 is 11.6 Å². The second kappa shape index (κ2) is 9.08. The predicted octanol–water partition coefficient (Wildman–Crippen LogP) is 5.57. The molecule has 1 aliphatic rings. The maximum Gasteiger partial charge on any atom is 0.335 e. The van der Waals surface area contributed by atoms with Crippen molar-refractivity contribution >= 4 is 40.8 Å². The third-order valence-electron chi connectivity index (χ3n) is 5.89. The fraction of sp³-hybridized carbons (Fsp3) is 0.192. The minimum absolute atomic E-state index is 0.0576. The van der Waals surface area contributed by atoms with Crippen LogP contribution in [0.1, 0.15) is 52.6 Å². The highest BCUT2D eigenvalue weighted by Gasteiger charge is 2.38. The topological polar surface area (TPSA) is 77.9 Å². The van der Waals surface area contributed by atoms with Crippen molar-refractivity contribution in [3.05, 3.63) is 94.5 Å². The number of benzene rings is 3. The molecule has 0 aromatic heterocycles. The van der Waals surface area contributed by atoms with Gasteiger partial charge in [0.15, 0.2) is 0 Å². The SMILES string of the molecule is CC(=O)N(c1ccc(Cl)cc1)[C@@H]1C[C@H](C)N(C(=O)c2cccc(C(=O)O)c2)c2ccccc21. The molecule has 0 saturated carbocycles. The molecule has 6 nitrogen and oxygen atoms in total. The predicted molar refractivity (Wildman–Crippen MR) is 128 cm³/mol. The Morgan fingerprint density at radius 2 is 1.64 bits per heavy atom. The van der Waals surface area contributed by atoms with E-state index in [9.17, 15) is 19.5 Å². The Morgan fingerprint density at radius 3 is 2.30 bits per heavy atom. The van der Waals surface area contributed by atoms with Crippen LogP contribution in [0.4, 0.5) is 11.4 Å². The van der Waals surface area contributed by atoms with E-state index in [2.05, 4.69) is 0 Å². The van der Waals surface area contributed by atoms with Gasteiger partial charge in [-0.2, -0.15) is 0 Å². The lowest BCUT2D eigenvalue weighted by molar-refractivity contribution is -0.117. The van der Waals surface area contributed by atoms with Crippen molar-refractivity contribution in [1.29, 1.82) is 0 Å². The molecule has 1 aliphatic heterocycles. The molecular formula is C26H23ClN2O4. The first-order chi connectivity index (χ1) is 15.8. The standard InChI is InChI=1S/C26H23ClN2O4/c1-16-14-24(29(17(2)30)21-12-10-20(27)11-13-21)22-8-3-4-9-23(22)28(16)25(31)18-6-5-7-19(15-18)26(32)33/h3-13,15-16,24H,14H2,1-2H3,(H,32,33)/t16-,24+/m0/s1. The summed E-state index contributed by atoms with van der Waals surface area (Å²) in [6.07, 6.45) is 0.517. The van der Waals surface area contributed by atoms with Gasteiger partial charge in [0.2, 0.25) is 5.91 Å². The molecule has 0 fully saturated rings. The van der Waals surface area contributed by atoms with Gasteiger partial charge in [0.05, 0.1) is 11.6 Å². The molecule has 2 amide bonds. The van der Waals surface area contributed by atoms with Crippen molar-refractivity contribution in [2.75, 3.05) is 9.80 Å². The molecule has 168 valence electrons. The van der Waals surface area contributed by atoms with E-state index in [1.54, 1.807) is 34.1 Å². The zero-order chi connectivity index (χ0) is 23.7. The summed E-state index contributed by atoms with van der Waals surface area (Å²) in [6.45, 7) is 3.46. The Hall–Kier alpha value is -3.64. The van der Waals surface area contributed by atoms with E-state index in [0.29, 0.717) is 22.7 Å². The second-order valence-corrected chi connectivity index (χ2v) is 8.52. The number of anilines is 2. The molecular weight excluding hydrogens is 440 g/mol. The van der Waals surface area contributed by atoms with Crippen LogP contribution in [-0.2, 0) is 4.79 Å². The summed E-state index contributed by atoms with van der Waals surface area (Å²) in [6, 6.07) is 20.2. The molecule has 3 aromatic carbocycles. The van der Waals surface area contributed by atoms with Gasteiger partial charge in [0.1, 0.15) is 0 Å². The second-order valence-electron chi connectivity index (χ2n) is 8.09. The molecule has 3 aromatic rings. The fourth-order valence-electron chi connectivity index (χ4n) is 4.44. The molecule has 7 heteroatoms. The van der Waals surface area contributed by atoms with Crippen LogP contribution in [0.15, 0.2) is 72.8 Å². The molecule has 4 rings (SSSR count). The van der Waals surface area contributed by atoms with E-state index in [-0.39, 0.29) is 29.5 Å². The number of amides is 2. The van der Waals surface area contributed by atoms with E-state index < -0.39 is 5.97 Å². The maximum absolute atomic E-state index is 13.5. The normalized spacial score (nSPS) is 17.2. The van der Waals surface area contributed by atoms with Gasteiger partial charge in [-0.25, -0.2) is 4.79 Å². The molecule has 0 saturated heterocycles. The number of hydrogen-bond donors (Lipinski definition) is 1. The number of carboxylic acids is 1. The minimum Gasteiger partial charge on any atom is -0.478 e. The summed E-state index contributed by atoms with van der Waals surface area (Å²) in [5.74, 6) is -1.48. The van der Waals surface area contributed by atoms with Gasteiger partial charge in [0.25, 0.3) is 5.91 Å².